The first-order valence-electron chi connectivity index (χ1n) is 11.3. The summed E-state index contributed by atoms with van der Waals surface area (Å²) in [5.41, 5.74) is -0.491. The summed E-state index contributed by atoms with van der Waals surface area (Å²) in [7, 11) is 0. The van der Waals surface area contributed by atoms with Gasteiger partial charge in [0.2, 0.25) is 0 Å². The zero-order valence-electron chi connectivity index (χ0n) is 18.0. The van der Waals surface area contributed by atoms with Crippen LogP contribution in [0.25, 0.3) is 0 Å². The van der Waals surface area contributed by atoms with Crippen molar-refractivity contribution in [2.45, 2.75) is 103 Å². The van der Waals surface area contributed by atoms with Gasteiger partial charge < -0.3 is 14.6 Å². The SMILES string of the molecule is CCCCCCCCCCCCOC[C@H]1O[C@@H](n2cc(C)c(=O)[nH]c2=O)C[C@@H]1O. The Morgan fingerprint density at radius 2 is 1.72 bits per heavy atom. The Labute approximate surface area is 173 Å². The summed E-state index contributed by atoms with van der Waals surface area (Å²) in [6.45, 7) is 4.85. The van der Waals surface area contributed by atoms with Crippen LogP contribution in [0.5, 0.6) is 0 Å². The number of nitrogens with one attached hydrogen (secondary N) is 1. The van der Waals surface area contributed by atoms with E-state index >= 15 is 0 Å². The van der Waals surface area contributed by atoms with E-state index in [0.29, 0.717) is 25.2 Å². The largest absolute Gasteiger partial charge is 0.390 e. The average Bonchev–Trinajstić information content (AvgIpc) is 3.06. The number of ether oxygens (including phenoxy) is 2. The molecule has 2 rings (SSSR count). The van der Waals surface area contributed by atoms with Crippen molar-refractivity contribution in [1.29, 1.82) is 0 Å². The Bertz CT molecular complexity index is 699. The van der Waals surface area contributed by atoms with Crippen LogP contribution in [0.2, 0.25) is 0 Å². The van der Waals surface area contributed by atoms with Crippen LogP contribution in [0.3, 0.4) is 0 Å². The summed E-state index contributed by atoms with van der Waals surface area (Å²) in [6.07, 6.45) is 12.9. The molecule has 1 fully saturated rings. The molecule has 0 bridgehead atoms. The van der Waals surface area contributed by atoms with E-state index in [9.17, 15) is 14.7 Å². The zero-order chi connectivity index (χ0) is 21.1. The Morgan fingerprint density at radius 1 is 1.10 bits per heavy atom. The van der Waals surface area contributed by atoms with Crippen LogP contribution in [0.1, 0.15) is 89.3 Å². The van der Waals surface area contributed by atoms with E-state index in [1.807, 2.05) is 0 Å². The van der Waals surface area contributed by atoms with Gasteiger partial charge in [-0.25, -0.2) is 4.79 Å². The van der Waals surface area contributed by atoms with Crippen LogP contribution in [0.15, 0.2) is 15.8 Å². The number of aliphatic hydroxyl groups excluding tert-OH is 1. The van der Waals surface area contributed by atoms with E-state index in [2.05, 4.69) is 11.9 Å². The summed E-state index contributed by atoms with van der Waals surface area (Å²) >= 11 is 0. The van der Waals surface area contributed by atoms with Gasteiger partial charge in [0.05, 0.1) is 12.7 Å². The lowest BCUT2D eigenvalue weighted by molar-refractivity contribution is -0.0638. The average molecular weight is 411 g/mol. The molecule has 0 spiro atoms. The van der Waals surface area contributed by atoms with Gasteiger partial charge in [-0.1, -0.05) is 64.7 Å². The highest BCUT2D eigenvalue weighted by atomic mass is 16.6. The van der Waals surface area contributed by atoms with Gasteiger partial charge in [-0.15, -0.1) is 0 Å². The predicted molar refractivity (Wildman–Crippen MR) is 113 cm³/mol. The quantitative estimate of drug-likeness (QED) is 0.458. The standard InChI is InChI=1S/C22H38N2O5/c1-3-4-5-6-7-8-9-10-11-12-13-28-16-19-18(25)14-20(29-19)24-15-17(2)21(26)23-22(24)27/h15,18-20,25H,3-14,16H2,1-2H3,(H,23,26,27)/t18-,19+,20+/m0/s1. The number of nitrogens with zero attached hydrogens (tertiary/aromatic N) is 1. The number of aromatic nitrogens is 2. The molecule has 0 amide bonds. The van der Waals surface area contributed by atoms with E-state index in [1.165, 1.54) is 62.1 Å². The second-order valence-corrected chi connectivity index (χ2v) is 8.17. The van der Waals surface area contributed by atoms with Crippen molar-refractivity contribution in [3.8, 4) is 0 Å². The first kappa shape index (κ1) is 23.8. The topological polar surface area (TPSA) is 93.5 Å². The molecule has 0 aromatic carbocycles. The van der Waals surface area contributed by atoms with Crippen molar-refractivity contribution < 1.29 is 14.6 Å². The molecule has 0 unspecified atom stereocenters. The first-order valence-corrected chi connectivity index (χ1v) is 11.3. The fourth-order valence-electron chi connectivity index (χ4n) is 3.73. The molecule has 0 radical (unpaired) electrons. The molecular formula is C22H38N2O5. The Morgan fingerprint density at radius 3 is 2.38 bits per heavy atom. The number of hydrogen-bond acceptors (Lipinski definition) is 5. The van der Waals surface area contributed by atoms with Crippen molar-refractivity contribution in [1.82, 2.24) is 9.55 Å². The fraction of sp³-hybridized carbons (Fsp3) is 0.818. The zero-order valence-corrected chi connectivity index (χ0v) is 18.0. The minimum atomic E-state index is -0.688. The van der Waals surface area contributed by atoms with Crippen molar-refractivity contribution >= 4 is 0 Å². The maximum atomic E-state index is 12.0. The molecule has 29 heavy (non-hydrogen) atoms. The van der Waals surface area contributed by atoms with Crippen LogP contribution in [0, 0.1) is 6.92 Å². The minimum Gasteiger partial charge on any atom is -0.390 e. The van der Waals surface area contributed by atoms with Crippen LogP contribution < -0.4 is 11.2 Å². The summed E-state index contributed by atoms with van der Waals surface area (Å²) in [4.78, 5) is 25.7. The summed E-state index contributed by atoms with van der Waals surface area (Å²) in [5, 5.41) is 10.2. The van der Waals surface area contributed by atoms with Crippen LogP contribution in [-0.2, 0) is 9.47 Å². The van der Waals surface area contributed by atoms with Crippen molar-refractivity contribution in [3.05, 3.63) is 32.6 Å². The first-order chi connectivity index (χ1) is 14.0. The van der Waals surface area contributed by atoms with Gasteiger partial charge >= 0.3 is 5.69 Å². The molecule has 2 heterocycles. The molecule has 1 aromatic heterocycles. The second kappa shape index (κ2) is 13.0. The predicted octanol–water partition coefficient (Wildman–Crippen LogP) is 3.43. The van der Waals surface area contributed by atoms with Crippen LogP contribution >= 0.6 is 0 Å². The van der Waals surface area contributed by atoms with Crippen LogP contribution in [0.4, 0.5) is 0 Å². The van der Waals surface area contributed by atoms with E-state index in [-0.39, 0.29) is 0 Å². The number of H-pyrrole nitrogens is 1. The van der Waals surface area contributed by atoms with Gasteiger partial charge in [0.25, 0.3) is 5.56 Å². The third-order valence-corrected chi connectivity index (χ3v) is 5.58. The van der Waals surface area contributed by atoms with Crippen molar-refractivity contribution in [2.24, 2.45) is 0 Å². The highest BCUT2D eigenvalue weighted by Gasteiger charge is 2.35. The van der Waals surface area contributed by atoms with E-state index < -0.39 is 29.7 Å². The summed E-state index contributed by atoms with van der Waals surface area (Å²) < 4.78 is 12.8. The molecule has 2 N–H and O–H groups in total. The third-order valence-electron chi connectivity index (χ3n) is 5.58. The lowest BCUT2D eigenvalue weighted by Crippen LogP contribution is -2.33. The highest BCUT2D eigenvalue weighted by Crippen LogP contribution is 2.27. The van der Waals surface area contributed by atoms with E-state index in [0.717, 1.165) is 12.8 Å². The number of aromatic amines is 1. The number of aliphatic hydroxyl groups is 1. The van der Waals surface area contributed by atoms with Crippen molar-refractivity contribution in [3.63, 3.8) is 0 Å². The number of hydrogen-bond donors (Lipinski definition) is 2. The third kappa shape index (κ3) is 8.07. The number of unbranched alkanes of at least 4 members (excludes halogenated alkanes) is 9. The van der Waals surface area contributed by atoms with Crippen molar-refractivity contribution in [2.75, 3.05) is 13.2 Å². The molecule has 166 valence electrons. The highest BCUT2D eigenvalue weighted by molar-refractivity contribution is 5.02. The Hall–Kier alpha value is -1.44. The van der Waals surface area contributed by atoms with Gasteiger partial charge in [-0.05, 0) is 13.3 Å². The molecule has 0 saturated carbocycles. The maximum Gasteiger partial charge on any atom is 0.330 e. The van der Waals surface area contributed by atoms with Crippen LogP contribution in [-0.4, -0.2) is 40.1 Å². The molecule has 1 aromatic rings. The molecule has 7 heteroatoms. The molecule has 1 aliphatic rings. The summed E-state index contributed by atoms with van der Waals surface area (Å²) in [5.74, 6) is 0. The molecule has 7 nitrogen and oxygen atoms in total. The lowest BCUT2D eigenvalue weighted by atomic mass is 10.1. The second-order valence-electron chi connectivity index (χ2n) is 8.17. The maximum absolute atomic E-state index is 12.0. The van der Waals surface area contributed by atoms with Gasteiger partial charge in [0, 0.05) is 24.8 Å². The molecule has 0 aliphatic carbocycles. The summed E-state index contributed by atoms with van der Waals surface area (Å²) in [6, 6.07) is 0. The van der Waals surface area contributed by atoms with Gasteiger partial charge in [-0.2, -0.15) is 0 Å². The van der Waals surface area contributed by atoms with E-state index in [1.54, 1.807) is 6.92 Å². The number of rotatable bonds is 14. The molecular weight excluding hydrogens is 372 g/mol. The molecule has 1 aliphatic heterocycles. The van der Waals surface area contributed by atoms with E-state index in [4.69, 9.17) is 9.47 Å². The molecule has 1 saturated heterocycles. The smallest absolute Gasteiger partial charge is 0.330 e. The molecule has 3 atom stereocenters. The normalized spacial score (nSPS) is 21.7. The number of aryl methyl sites for hydroxylation is 1. The Kier molecular flexibility index (Phi) is 10.7. The monoisotopic (exact) mass is 410 g/mol. The Balaban J connectivity index is 1.57. The fourth-order valence-corrected chi connectivity index (χ4v) is 3.73. The van der Waals surface area contributed by atoms with Gasteiger partial charge in [-0.3, -0.25) is 14.3 Å². The van der Waals surface area contributed by atoms with Gasteiger partial charge in [0.1, 0.15) is 12.3 Å². The lowest BCUT2D eigenvalue weighted by Gasteiger charge is -2.16. The minimum absolute atomic E-state index is 0.303. The van der Waals surface area contributed by atoms with Gasteiger partial charge in [0.15, 0.2) is 0 Å².